The van der Waals surface area contributed by atoms with Gasteiger partial charge in [-0.2, -0.15) is 0 Å². The van der Waals surface area contributed by atoms with Gasteiger partial charge in [0.15, 0.2) is 0 Å². The molecule has 5 nitrogen and oxygen atoms in total. The molecule has 4 rings (SSSR count). The number of hydrogen-bond donors (Lipinski definition) is 0. The van der Waals surface area contributed by atoms with E-state index < -0.39 is 0 Å². The van der Waals surface area contributed by atoms with Gasteiger partial charge in [0, 0.05) is 49.7 Å². The van der Waals surface area contributed by atoms with Crippen LogP contribution in [-0.4, -0.2) is 66.3 Å². The number of piperazine rings is 1. The third kappa shape index (κ3) is 3.75. The van der Waals surface area contributed by atoms with Gasteiger partial charge in [-0.1, -0.05) is 0 Å². The number of likely N-dealkylation sites (N-methyl/N-ethyl adjacent to an activating group) is 1. The Bertz CT molecular complexity index is 857. The molecule has 0 bridgehead atoms. The van der Waals surface area contributed by atoms with Crippen molar-refractivity contribution in [3.63, 3.8) is 0 Å². The Kier molecular flexibility index (Phi) is 4.97. The molecular formula is C20H22FN3O2S. The monoisotopic (exact) mass is 387 g/mol. The second-order valence-corrected chi connectivity index (χ2v) is 8.27. The van der Waals surface area contributed by atoms with Crippen molar-refractivity contribution in [1.29, 1.82) is 0 Å². The van der Waals surface area contributed by atoms with Crippen molar-refractivity contribution in [3.8, 4) is 0 Å². The molecular weight excluding hydrogens is 365 g/mol. The van der Waals surface area contributed by atoms with E-state index in [4.69, 9.17) is 0 Å². The lowest BCUT2D eigenvalue weighted by Crippen LogP contribution is -2.46. The van der Waals surface area contributed by atoms with Crippen LogP contribution in [0.2, 0.25) is 0 Å². The summed E-state index contributed by atoms with van der Waals surface area (Å²) < 4.78 is 13.1. The van der Waals surface area contributed by atoms with Crippen molar-refractivity contribution in [2.75, 3.05) is 39.8 Å². The Morgan fingerprint density at radius 3 is 2.37 bits per heavy atom. The van der Waals surface area contributed by atoms with Crippen LogP contribution >= 0.6 is 11.3 Å². The maximum Gasteiger partial charge on any atom is 0.264 e. The summed E-state index contributed by atoms with van der Waals surface area (Å²) in [5.74, 6) is -0.352. The number of hydrogen-bond acceptors (Lipinski definition) is 4. The number of thiophene rings is 1. The van der Waals surface area contributed by atoms with Crippen LogP contribution < -0.4 is 0 Å². The minimum Gasteiger partial charge on any atom is -0.335 e. The van der Waals surface area contributed by atoms with Crippen LogP contribution in [0.5, 0.6) is 0 Å². The molecule has 142 valence electrons. The van der Waals surface area contributed by atoms with Gasteiger partial charge in [0.05, 0.1) is 4.88 Å². The van der Waals surface area contributed by atoms with Gasteiger partial charge >= 0.3 is 0 Å². The van der Waals surface area contributed by atoms with E-state index in [0.717, 1.165) is 43.0 Å². The maximum absolute atomic E-state index is 13.1. The highest BCUT2D eigenvalue weighted by Crippen LogP contribution is 2.30. The average Bonchev–Trinajstić information content (AvgIpc) is 3.11. The van der Waals surface area contributed by atoms with Crippen molar-refractivity contribution < 1.29 is 14.0 Å². The van der Waals surface area contributed by atoms with Crippen LogP contribution in [0, 0.1) is 5.82 Å². The van der Waals surface area contributed by atoms with Gasteiger partial charge in [0.25, 0.3) is 11.8 Å². The fraction of sp³-hybridized carbons (Fsp3) is 0.400. The number of halogens is 1. The zero-order chi connectivity index (χ0) is 19.0. The fourth-order valence-corrected chi connectivity index (χ4v) is 4.68. The standard InChI is InChI=1S/C20H22FN3O2S/c1-22-8-10-23(11-9-22)20(26)18-12-15-13-24(7-6-17(15)27-18)19(25)14-2-4-16(21)5-3-14/h2-5,12H,6-11,13H2,1H3. The second-order valence-electron chi connectivity index (χ2n) is 7.14. The number of amides is 2. The fourth-order valence-electron chi connectivity index (χ4n) is 3.55. The summed E-state index contributed by atoms with van der Waals surface area (Å²) in [6.45, 7) is 4.43. The summed E-state index contributed by atoms with van der Waals surface area (Å²) in [4.78, 5) is 33.3. The Balaban J connectivity index is 1.46. The Morgan fingerprint density at radius 2 is 1.67 bits per heavy atom. The van der Waals surface area contributed by atoms with Gasteiger partial charge in [-0.25, -0.2) is 4.39 Å². The van der Waals surface area contributed by atoms with E-state index in [0.29, 0.717) is 18.7 Å². The van der Waals surface area contributed by atoms with Gasteiger partial charge in [-0.3, -0.25) is 9.59 Å². The molecule has 1 fully saturated rings. The summed E-state index contributed by atoms with van der Waals surface area (Å²) in [5.41, 5.74) is 1.54. The quantitative estimate of drug-likeness (QED) is 0.795. The van der Waals surface area contributed by atoms with E-state index in [1.165, 1.54) is 29.1 Å². The molecule has 27 heavy (non-hydrogen) atoms. The van der Waals surface area contributed by atoms with Crippen LogP contribution in [-0.2, 0) is 13.0 Å². The molecule has 0 N–H and O–H groups in total. The number of carbonyl (C=O) groups excluding carboxylic acids is 2. The lowest BCUT2D eigenvalue weighted by molar-refractivity contribution is 0.0668. The molecule has 0 unspecified atom stereocenters. The normalized spacial score (nSPS) is 17.7. The first-order valence-corrected chi connectivity index (χ1v) is 9.97. The minimum atomic E-state index is -0.350. The summed E-state index contributed by atoms with van der Waals surface area (Å²) in [6.07, 6.45) is 0.753. The van der Waals surface area contributed by atoms with Crippen molar-refractivity contribution in [1.82, 2.24) is 14.7 Å². The predicted octanol–water partition coefficient (Wildman–Crippen LogP) is 2.47. The van der Waals surface area contributed by atoms with E-state index in [1.807, 2.05) is 11.0 Å². The number of rotatable bonds is 2. The molecule has 0 saturated carbocycles. The molecule has 2 aromatic rings. The van der Waals surface area contributed by atoms with Gasteiger partial charge in [-0.05, 0) is 49.4 Å². The lowest BCUT2D eigenvalue weighted by atomic mass is 10.1. The highest BCUT2D eigenvalue weighted by atomic mass is 32.1. The van der Waals surface area contributed by atoms with Crippen molar-refractivity contribution >= 4 is 23.2 Å². The molecule has 1 aromatic heterocycles. The molecule has 2 amide bonds. The summed E-state index contributed by atoms with van der Waals surface area (Å²) in [6, 6.07) is 7.59. The Labute approximate surface area is 162 Å². The van der Waals surface area contributed by atoms with Crippen molar-refractivity contribution in [2.24, 2.45) is 0 Å². The van der Waals surface area contributed by atoms with E-state index in [1.54, 1.807) is 16.2 Å². The SMILES string of the molecule is CN1CCN(C(=O)c2cc3c(s2)CCN(C(=O)c2ccc(F)cc2)C3)CC1. The first kappa shape index (κ1) is 18.1. The van der Waals surface area contributed by atoms with Gasteiger partial charge < -0.3 is 14.7 Å². The lowest BCUT2D eigenvalue weighted by Gasteiger charge is -2.32. The zero-order valence-corrected chi connectivity index (χ0v) is 16.1. The third-order valence-corrected chi connectivity index (χ3v) is 6.47. The smallest absolute Gasteiger partial charge is 0.264 e. The van der Waals surface area contributed by atoms with Crippen molar-refractivity contribution in [2.45, 2.75) is 13.0 Å². The Morgan fingerprint density at radius 1 is 0.963 bits per heavy atom. The van der Waals surface area contributed by atoms with E-state index >= 15 is 0 Å². The average molecular weight is 387 g/mol. The molecule has 0 atom stereocenters. The molecule has 1 aromatic carbocycles. The van der Waals surface area contributed by atoms with Crippen LogP contribution in [0.1, 0.15) is 30.5 Å². The zero-order valence-electron chi connectivity index (χ0n) is 15.3. The van der Waals surface area contributed by atoms with Gasteiger partial charge in [0.2, 0.25) is 0 Å². The molecule has 2 aliphatic rings. The van der Waals surface area contributed by atoms with Gasteiger partial charge in [-0.15, -0.1) is 11.3 Å². The summed E-state index contributed by atoms with van der Waals surface area (Å²) >= 11 is 1.56. The van der Waals surface area contributed by atoms with E-state index in [2.05, 4.69) is 11.9 Å². The number of fused-ring (bicyclic) bond motifs is 1. The predicted molar refractivity (Wildman–Crippen MR) is 103 cm³/mol. The molecule has 3 heterocycles. The van der Waals surface area contributed by atoms with Crippen LogP contribution in [0.3, 0.4) is 0 Å². The highest BCUT2D eigenvalue weighted by molar-refractivity contribution is 7.14. The van der Waals surface area contributed by atoms with Crippen molar-refractivity contribution in [3.05, 3.63) is 57.0 Å². The molecule has 0 spiro atoms. The van der Waals surface area contributed by atoms with E-state index in [9.17, 15) is 14.0 Å². The molecule has 0 aliphatic carbocycles. The van der Waals surface area contributed by atoms with E-state index in [-0.39, 0.29) is 17.6 Å². The van der Waals surface area contributed by atoms with Crippen LogP contribution in [0.15, 0.2) is 30.3 Å². The molecule has 0 radical (unpaired) electrons. The second kappa shape index (κ2) is 7.40. The topological polar surface area (TPSA) is 43.9 Å². The highest BCUT2D eigenvalue weighted by Gasteiger charge is 2.27. The Hall–Kier alpha value is -2.25. The molecule has 2 aliphatic heterocycles. The van der Waals surface area contributed by atoms with Crippen LogP contribution in [0.25, 0.3) is 0 Å². The molecule has 7 heteroatoms. The number of nitrogens with zero attached hydrogens (tertiary/aromatic N) is 3. The summed E-state index contributed by atoms with van der Waals surface area (Å²) in [7, 11) is 2.07. The largest absolute Gasteiger partial charge is 0.335 e. The minimum absolute atomic E-state index is 0.0962. The first-order valence-electron chi connectivity index (χ1n) is 9.15. The van der Waals surface area contributed by atoms with Crippen LogP contribution in [0.4, 0.5) is 4.39 Å². The molecule has 1 saturated heterocycles. The number of benzene rings is 1. The summed E-state index contributed by atoms with van der Waals surface area (Å²) in [5, 5.41) is 0. The van der Waals surface area contributed by atoms with Gasteiger partial charge in [0.1, 0.15) is 5.82 Å². The third-order valence-electron chi connectivity index (χ3n) is 5.25. The maximum atomic E-state index is 13.1. The number of carbonyl (C=O) groups is 2. The first-order chi connectivity index (χ1) is 13.0.